The Morgan fingerprint density at radius 3 is 2.42 bits per heavy atom. The van der Waals surface area contributed by atoms with Crippen LogP contribution in [-0.2, 0) is 21.4 Å². The largest absolute Gasteiger partial charge is 0.480 e. The third kappa shape index (κ3) is 5.48. The molecule has 1 aliphatic carbocycles. The lowest BCUT2D eigenvalue weighted by Crippen LogP contribution is -2.52. The first kappa shape index (κ1) is 27.8. The molecule has 1 aromatic carbocycles. The Bertz CT molecular complexity index is 1290. The molecule has 1 aromatic heterocycles. The zero-order valence-corrected chi connectivity index (χ0v) is 23.0. The molecule has 2 aromatic rings. The van der Waals surface area contributed by atoms with Crippen molar-refractivity contribution < 1.29 is 24.2 Å². The zero-order chi connectivity index (χ0) is 27.8. The van der Waals surface area contributed by atoms with Crippen molar-refractivity contribution in [3.05, 3.63) is 46.2 Å². The molecule has 0 bridgehead atoms. The number of para-hydroxylation sites is 1. The normalized spacial score (nSPS) is 23.4. The van der Waals surface area contributed by atoms with Gasteiger partial charge < -0.3 is 14.4 Å². The molecule has 2 heterocycles. The summed E-state index contributed by atoms with van der Waals surface area (Å²) in [4.78, 5) is 54.1. The number of carbonyl (C=O) groups is 3. The number of nitrogens with zero attached hydrogens (tertiary/aromatic N) is 2. The Morgan fingerprint density at radius 2 is 1.79 bits per heavy atom. The number of carbonyl (C=O) groups excluding carboxylic acids is 2. The number of carboxylic acids is 1. The van der Waals surface area contributed by atoms with Crippen LogP contribution in [0.25, 0.3) is 10.9 Å². The first-order valence-corrected chi connectivity index (χ1v) is 13.4. The molecule has 1 aliphatic heterocycles. The number of aromatic nitrogens is 1. The first-order valence-electron chi connectivity index (χ1n) is 13.4. The number of likely N-dealkylation sites (tertiary alicyclic amines) is 1. The number of Topliss-reactive ketones (excluding diaryl/α,β-unsaturated/α-hetero) is 1. The van der Waals surface area contributed by atoms with Crippen LogP contribution in [0.15, 0.2) is 35.1 Å². The van der Waals surface area contributed by atoms with Gasteiger partial charge >= 0.3 is 12.1 Å². The number of hydrogen-bond acceptors (Lipinski definition) is 6. The number of carboxylic acid groups (broad SMARTS) is 1. The van der Waals surface area contributed by atoms with Gasteiger partial charge in [-0.2, -0.15) is 0 Å². The van der Waals surface area contributed by atoms with Gasteiger partial charge in [-0.15, -0.1) is 0 Å². The molecule has 3 atom stereocenters. The summed E-state index contributed by atoms with van der Waals surface area (Å²) in [5, 5.41) is 14.3. The maximum Gasteiger partial charge on any atom is 0.411 e. The summed E-state index contributed by atoms with van der Waals surface area (Å²) in [6, 6.07) is 7.84. The van der Waals surface area contributed by atoms with Crippen LogP contribution in [0.4, 0.5) is 4.79 Å². The highest BCUT2D eigenvalue weighted by molar-refractivity contribution is 5.89. The van der Waals surface area contributed by atoms with Crippen molar-refractivity contribution >= 4 is 28.7 Å². The van der Waals surface area contributed by atoms with E-state index in [-0.39, 0.29) is 30.2 Å². The van der Waals surface area contributed by atoms with Crippen LogP contribution in [0, 0.1) is 5.92 Å². The van der Waals surface area contributed by atoms with E-state index in [1.807, 2.05) is 24.3 Å². The molecular formula is C29H39N3O6. The number of rotatable bonds is 6. The highest BCUT2D eigenvalue weighted by Crippen LogP contribution is 2.34. The number of ether oxygens (including phenoxy) is 1. The van der Waals surface area contributed by atoms with Crippen LogP contribution in [0.5, 0.6) is 0 Å². The molecule has 2 N–H and O–H groups in total. The fraction of sp³-hybridized carbons (Fsp3) is 0.586. The Balaban J connectivity index is 1.72. The fourth-order valence-corrected chi connectivity index (χ4v) is 5.82. The lowest BCUT2D eigenvalue weighted by atomic mass is 9.82. The monoisotopic (exact) mass is 525 g/mol. The van der Waals surface area contributed by atoms with Gasteiger partial charge in [-0.3, -0.25) is 19.8 Å². The summed E-state index contributed by atoms with van der Waals surface area (Å²) in [5.41, 5.74) is -1.48. The molecule has 0 spiro atoms. The number of ketones is 1. The number of hydrogen-bond donors (Lipinski definition) is 2. The summed E-state index contributed by atoms with van der Waals surface area (Å²) in [7, 11) is 1.69. The average molecular weight is 526 g/mol. The van der Waals surface area contributed by atoms with Crippen LogP contribution >= 0.6 is 0 Å². The fourth-order valence-electron chi connectivity index (χ4n) is 5.82. The Labute approximate surface area is 223 Å². The maximum atomic E-state index is 14.0. The second-order valence-electron chi connectivity index (χ2n) is 11.9. The molecule has 206 valence electrons. The molecule has 4 rings (SSSR count). The Morgan fingerprint density at radius 1 is 1.13 bits per heavy atom. The SMILES string of the molecule is Cn1c(=O)c(C(N[C@@H]2CN(C(=O)OC(C)(C)C)[C@](C)(C(=O)O)C2)C(=O)C2CCCCC2)cc2ccccc21. The van der Waals surface area contributed by atoms with Gasteiger partial charge in [0, 0.05) is 31.1 Å². The van der Waals surface area contributed by atoms with Gasteiger partial charge in [0.2, 0.25) is 0 Å². The summed E-state index contributed by atoms with van der Waals surface area (Å²) in [6.45, 7) is 6.71. The van der Waals surface area contributed by atoms with Crippen LogP contribution in [0.2, 0.25) is 0 Å². The minimum absolute atomic E-state index is 0.0417. The van der Waals surface area contributed by atoms with E-state index in [1.54, 1.807) is 38.5 Å². The van der Waals surface area contributed by atoms with Crippen LogP contribution in [-0.4, -0.2) is 56.1 Å². The van der Waals surface area contributed by atoms with E-state index < -0.39 is 35.3 Å². The second-order valence-corrected chi connectivity index (χ2v) is 11.9. The lowest BCUT2D eigenvalue weighted by Gasteiger charge is -2.32. The van der Waals surface area contributed by atoms with Crippen molar-refractivity contribution in [2.45, 2.75) is 89.4 Å². The molecule has 1 saturated carbocycles. The smallest absolute Gasteiger partial charge is 0.411 e. The number of fused-ring (bicyclic) bond motifs is 1. The van der Waals surface area contributed by atoms with Crippen LogP contribution in [0.1, 0.15) is 77.8 Å². The van der Waals surface area contributed by atoms with Gasteiger partial charge in [0.25, 0.3) is 5.56 Å². The van der Waals surface area contributed by atoms with Crippen molar-refractivity contribution in [3.8, 4) is 0 Å². The van der Waals surface area contributed by atoms with Crippen LogP contribution in [0.3, 0.4) is 0 Å². The van der Waals surface area contributed by atoms with Crippen molar-refractivity contribution in [1.82, 2.24) is 14.8 Å². The molecule has 0 radical (unpaired) electrons. The standard InChI is InChI=1S/C29H39N3O6/c1-28(2,3)38-27(37)32-17-20(16-29(32,4)26(35)36)30-23(24(33)18-11-7-6-8-12-18)21-15-19-13-9-10-14-22(19)31(5)25(21)34/h9-10,13-15,18,20,23,30H,6-8,11-12,16-17H2,1-5H3,(H,35,36)/t20-,23?,29-/m0/s1. The number of benzene rings is 1. The van der Waals surface area contributed by atoms with Crippen LogP contribution < -0.4 is 10.9 Å². The highest BCUT2D eigenvalue weighted by Gasteiger charge is 2.52. The van der Waals surface area contributed by atoms with Crippen molar-refractivity contribution in [3.63, 3.8) is 0 Å². The molecular weight excluding hydrogens is 486 g/mol. The zero-order valence-electron chi connectivity index (χ0n) is 23.0. The third-order valence-corrected chi connectivity index (χ3v) is 7.88. The molecule has 38 heavy (non-hydrogen) atoms. The van der Waals surface area contributed by atoms with Gasteiger partial charge in [-0.05, 0) is 64.5 Å². The van der Waals surface area contributed by atoms with Gasteiger partial charge in [0.05, 0.1) is 11.6 Å². The Hall–Kier alpha value is -3.20. The number of aliphatic carboxylic acids is 1. The third-order valence-electron chi connectivity index (χ3n) is 7.88. The average Bonchev–Trinajstić information content (AvgIpc) is 3.22. The second kappa shape index (κ2) is 10.5. The van der Waals surface area contributed by atoms with Crippen molar-refractivity contribution in [1.29, 1.82) is 0 Å². The maximum absolute atomic E-state index is 14.0. The minimum atomic E-state index is -1.52. The van der Waals surface area contributed by atoms with E-state index in [9.17, 15) is 24.3 Å². The predicted octanol–water partition coefficient (Wildman–Crippen LogP) is 4.17. The summed E-state index contributed by atoms with van der Waals surface area (Å²) < 4.78 is 7.06. The first-order chi connectivity index (χ1) is 17.8. The topological polar surface area (TPSA) is 118 Å². The van der Waals surface area contributed by atoms with Gasteiger partial charge in [0.1, 0.15) is 11.1 Å². The number of amides is 1. The molecule has 2 fully saturated rings. The minimum Gasteiger partial charge on any atom is -0.480 e. The molecule has 1 amide bonds. The predicted molar refractivity (Wildman–Crippen MR) is 144 cm³/mol. The van der Waals surface area contributed by atoms with Crippen molar-refractivity contribution in [2.75, 3.05) is 6.54 Å². The van der Waals surface area contributed by atoms with E-state index in [4.69, 9.17) is 4.74 Å². The number of pyridine rings is 1. The quantitative estimate of drug-likeness (QED) is 0.581. The molecule has 1 saturated heterocycles. The molecule has 9 heteroatoms. The highest BCUT2D eigenvalue weighted by atomic mass is 16.6. The summed E-state index contributed by atoms with van der Waals surface area (Å²) in [5.74, 6) is -1.37. The van der Waals surface area contributed by atoms with E-state index in [2.05, 4.69) is 5.32 Å². The van der Waals surface area contributed by atoms with E-state index in [0.29, 0.717) is 5.56 Å². The number of nitrogens with one attached hydrogen (secondary N) is 1. The van der Waals surface area contributed by atoms with Gasteiger partial charge in [-0.25, -0.2) is 9.59 Å². The molecule has 9 nitrogen and oxygen atoms in total. The molecule has 1 unspecified atom stereocenters. The van der Waals surface area contributed by atoms with Crippen molar-refractivity contribution in [2.24, 2.45) is 13.0 Å². The summed E-state index contributed by atoms with van der Waals surface area (Å²) in [6.07, 6.45) is 3.91. The molecule has 2 aliphatic rings. The lowest BCUT2D eigenvalue weighted by molar-refractivity contribution is -0.148. The van der Waals surface area contributed by atoms with Gasteiger partial charge in [0.15, 0.2) is 5.78 Å². The number of aryl methyl sites for hydroxylation is 1. The van der Waals surface area contributed by atoms with Gasteiger partial charge in [-0.1, -0.05) is 37.5 Å². The van der Waals surface area contributed by atoms with E-state index >= 15 is 0 Å². The summed E-state index contributed by atoms with van der Waals surface area (Å²) >= 11 is 0. The van der Waals surface area contributed by atoms with E-state index in [0.717, 1.165) is 43.0 Å². The van der Waals surface area contributed by atoms with E-state index in [1.165, 1.54) is 11.8 Å². The Kier molecular flexibility index (Phi) is 7.70.